The second-order valence-corrected chi connectivity index (χ2v) is 24.4. The van der Waals surface area contributed by atoms with Gasteiger partial charge in [0.1, 0.15) is 44.7 Å². The fourth-order valence-corrected chi connectivity index (χ4v) is 14.0. The minimum absolute atomic E-state index is 0.818. The molecular formula is C90H60N4O4. The quantitative estimate of drug-likeness (QED) is 0.113. The van der Waals surface area contributed by atoms with Gasteiger partial charge in [0.25, 0.3) is 0 Å². The number of anilines is 12. The van der Waals surface area contributed by atoms with E-state index in [2.05, 4.69) is 323 Å². The molecule has 98 heavy (non-hydrogen) atoms. The molecule has 0 amide bonds. The van der Waals surface area contributed by atoms with Crippen LogP contribution in [0.4, 0.5) is 68.2 Å². The van der Waals surface area contributed by atoms with Crippen molar-refractivity contribution in [1.82, 2.24) is 0 Å². The Kier molecular flexibility index (Phi) is 14.4. The molecule has 464 valence electrons. The third-order valence-electron chi connectivity index (χ3n) is 18.5. The molecule has 19 rings (SSSR count). The zero-order chi connectivity index (χ0) is 64.9. The lowest BCUT2D eigenvalue weighted by molar-refractivity contribution is 0.668. The van der Waals surface area contributed by atoms with E-state index >= 15 is 0 Å². The van der Waals surface area contributed by atoms with E-state index in [0.29, 0.717) is 0 Å². The molecule has 0 bridgehead atoms. The van der Waals surface area contributed by atoms with Gasteiger partial charge in [-0.3, -0.25) is 0 Å². The second kappa shape index (κ2) is 24.6. The first-order valence-electron chi connectivity index (χ1n) is 32.9. The number of nitrogens with zero attached hydrogens (tertiary/aromatic N) is 4. The van der Waals surface area contributed by atoms with Gasteiger partial charge in [-0.05, 0) is 169 Å². The van der Waals surface area contributed by atoms with E-state index in [-0.39, 0.29) is 0 Å². The minimum atomic E-state index is 0.818. The topological polar surface area (TPSA) is 65.5 Å². The van der Waals surface area contributed by atoms with Gasteiger partial charge in [-0.2, -0.15) is 0 Å². The van der Waals surface area contributed by atoms with Crippen LogP contribution in [0.1, 0.15) is 0 Å². The molecule has 0 spiro atoms. The average Bonchev–Trinajstić information content (AvgIpc) is 1.55. The molecular weight excluding hydrogens is 1200 g/mol. The highest BCUT2D eigenvalue weighted by atomic mass is 16.3. The summed E-state index contributed by atoms with van der Waals surface area (Å²) >= 11 is 0. The lowest BCUT2D eigenvalue weighted by atomic mass is 10.0. The number of hydrogen-bond donors (Lipinski definition) is 0. The third kappa shape index (κ3) is 10.4. The standard InChI is InChI=1S/C48H32N2O2.C42H28N2O2/c1-4-13-33(14-5-1)34-23-25-37(26-24-34)50(36-17-8-3-9-18-36)43-20-12-22-45-48(43)42-30-28-39(32-47(42)52-45)49(35-15-6-2-7-16-35)38-27-29-41-40-19-10-11-21-44(40)51-46(41)31-38;1-4-13-29(14-5-1)43(32-23-25-35-34-19-10-11-21-38(34)45-40(35)27-32)33-24-26-36-41(28-33)46-39-22-12-20-37(42(36)39)44(30-15-6-2-7-16-30)31-17-8-3-9-18-31/h1-32H;1-28H. The molecule has 8 heteroatoms. The number of fused-ring (bicyclic) bond motifs is 12. The zero-order valence-electron chi connectivity index (χ0n) is 53.1. The molecule has 0 saturated heterocycles. The molecule has 0 aliphatic heterocycles. The van der Waals surface area contributed by atoms with E-state index in [1.165, 1.54) is 11.1 Å². The fraction of sp³-hybridized carbons (Fsp3) is 0. The van der Waals surface area contributed by atoms with Crippen LogP contribution in [0, 0.1) is 0 Å². The average molecular weight is 1260 g/mol. The van der Waals surface area contributed by atoms with E-state index in [9.17, 15) is 0 Å². The zero-order valence-corrected chi connectivity index (χ0v) is 53.1. The Morgan fingerprint density at radius 3 is 0.786 bits per heavy atom. The first-order chi connectivity index (χ1) is 48.6. The molecule has 0 aliphatic carbocycles. The summed E-state index contributed by atoms with van der Waals surface area (Å²) in [4.78, 5) is 9.12. The third-order valence-corrected chi connectivity index (χ3v) is 18.5. The van der Waals surface area contributed by atoms with Crippen LogP contribution in [-0.4, -0.2) is 0 Å². The number of furan rings is 4. The van der Waals surface area contributed by atoms with Crippen molar-refractivity contribution in [1.29, 1.82) is 0 Å². The Morgan fingerprint density at radius 2 is 0.408 bits per heavy atom. The van der Waals surface area contributed by atoms with Crippen LogP contribution in [0.25, 0.3) is 98.9 Å². The van der Waals surface area contributed by atoms with Crippen molar-refractivity contribution in [3.63, 3.8) is 0 Å². The summed E-state index contributed by atoms with van der Waals surface area (Å²) in [6, 6.07) is 127. The van der Waals surface area contributed by atoms with Crippen molar-refractivity contribution in [2.45, 2.75) is 0 Å². The van der Waals surface area contributed by atoms with Crippen LogP contribution in [0.15, 0.2) is 382 Å². The van der Waals surface area contributed by atoms with Crippen LogP contribution < -0.4 is 19.6 Å². The molecule has 0 unspecified atom stereocenters. The Bertz CT molecular complexity index is 6030. The van der Waals surface area contributed by atoms with Gasteiger partial charge in [0.15, 0.2) is 0 Å². The highest BCUT2D eigenvalue weighted by Crippen LogP contribution is 2.48. The van der Waals surface area contributed by atoms with Gasteiger partial charge >= 0.3 is 0 Å². The smallest absolute Gasteiger partial charge is 0.137 e. The maximum absolute atomic E-state index is 6.69. The van der Waals surface area contributed by atoms with E-state index in [1.54, 1.807) is 0 Å². The minimum Gasteiger partial charge on any atom is -0.456 e. The highest BCUT2D eigenvalue weighted by molar-refractivity contribution is 6.16. The monoisotopic (exact) mass is 1260 g/mol. The Balaban J connectivity index is 0.000000143. The maximum atomic E-state index is 6.69. The molecule has 4 heterocycles. The molecule has 8 nitrogen and oxygen atoms in total. The summed E-state index contributed by atoms with van der Waals surface area (Å²) in [7, 11) is 0. The second-order valence-electron chi connectivity index (χ2n) is 24.4. The molecule has 0 N–H and O–H groups in total. The van der Waals surface area contributed by atoms with Crippen LogP contribution in [0.2, 0.25) is 0 Å². The van der Waals surface area contributed by atoms with Gasteiger partial charge in [0.05, 0.1) is 22.1 Å². The predicted octanol–water partition coefficient (Wildman–Crippen LogP) is 26.5. The molecule has 0 atom stereocenters. The number of hydrogen-bond acceptors (Lipinski definition) is 8. The molecule has 0 saturated carbocycles. The highest BCUT2D eigenvalue weighted by Gasteiger charge is 2.25. The van der Waals surface area contributed by atoms with Crippen molar-refractivity contribution in [2.24, 2.45) is 0 Å². The molecule has 0 radical (unpaired) electrons. The summed E-state index contributed by atoms with van der Waals surface area (Å²) in [5.41, 5.74) is 21.7. The molecule has 0 fully saturated rings. The van der Waals surface area contributed by atoms with Gasteiger partial charge < -0.3 is 37.3 Å². The number of benzene rings is 15. The Hall–Kier alpha value is -13.3. The van der Waals surface area contributed by atoms with Gasteiger partial charge in [-0.15, -0.1) is 0 Å². The summed E-state index contributed by atoms with van der Waals surface area (Å²) in [6.45, 7) is 0. The van der Waals surface area contributed by atoms with E-state index in [4.69, 9.17) is 17.7 Å². The van der Waals surface area contributed by atoms with Crippen molar-refractivity contribution in [3.05, 3.63) is 364 Å². The van der Waals surface area contributed by atoms with Crippen LogP contribution in [0.3, 0.4) is 0 Å². The lowest BCUT2D eigenvalue weighted by Crippen LogP contribution is -2.10. The summed E-state index contributed by atoms with van der Waals surface area (Å²) < 4.78 is 25.9. The summed E-state index contributed by atoms with van der Waals surface area (Å²) in [5, 5.41) is 8.70. The van der Waals surface area contributed by atoms with Gasteiger partial charge in [0.2, 0.25) is 0 Å². The van der Waals surface area contributed by atoms with Crippen molar-refractivity contribution < 1.29 is 17.7 Å². The number of para-hydroxylation sites is 7. The van der Waals surface area contributed by atoms with E-state index in [0.717, 1.165) is 156 Å². The van der Waals surface area contributed by atoms with Crippen molar-refractivity contribution >= 4 is 156 Å². The molecule has 0 aliphatic rings. The summed E-state index contributed by atoms with van der Waals surface area (Å²) in [6.07, 6.45) is 0. The van der Waals surface area contributed by atoms with Crippen LogP contribution in [-0.2, 0) is 0 Å². The maximum Gasteiger partial charge on any atom is 0.137 e. The van der Waals surface area contributed by atoms with Gasteiger partial charge in [-0.1, -0.05) is 182 Å². The van der Waals surface area contributed by atoms with Crippen LogP contribution >= 0.6 is 0 Å². The molecule has 4 aromatic heterocycles. The normalized spacial score (nSPS) is 11.5. The lowest BCUT2D eigenvalue weighted by Gasteiger charge is -2.26. The van der Waals surface area contributed by atoms with Crippen molar-refractivity contribution in [2.75, 3.05) is 19.6 Å². The first-order valence-corrected chi connectivity index (χ1v) is 32.9. The molecule has 15 aromatic carbocycles. The predicted molar refractivity (Wildman–Crippen MR) is 406 cm³/mol. The summed E-state index contributed by atoms with van der Waals surface area (Å²) in [5.74, 6) is 0. The number of rotatable bonds is 13. The van der Waals surface area contributed by atoms with Crippen molar-refractivity contribution in [3.8, 4) is 11.1 Å². The van der Waals surface area contributed by atoms with Crippen LogP contribution in [0.5, 0.6) is 0 Å². The largest absolute Gasteiger partial charge is 0.456 e. The Labute approximate surface area is 565 Å². The Morgan fingerprint density at radius 1 is 0.153 bits per heavy atom. The van der Waals surface area contributed by atoms with Gasteiger partial charge in [-0.25, -0.2) is 0 Å². The fourth-order valence-electron chi connectivity index (χ4n) is 14.0. The SMILES string of the molecule is c1ccc(-c2ccc(N(c3ccccc3)c3cccc4oc5cc(N(c6ccccc6)c6ccc7c(c6)oc6ccccc67)ccc5c34)cc2)cc1.c1ccc(N(c2ccc3c(c2)oc2ccccc23)c2ccc3c(c2)oc2cccc(N(c4ccccc4)c4ccccc4)c23)cc1. The van der Waals surface area contributed by atoms with E-state index in [1.807, 2.05) is 60.7 Å². The first kappa shape index (κ1) is 57.4. The van der Waals surface area contributed by atoms with Gasteiger partial charge in [0, 0.05) is 113 Å². The molecule has 19 aromatic rings. The van der Waals surface area contributed by atoms with E-state index < -0.39 is 0 Å².